The van der Waals surface area contributed by atoms with Gasteiger partial charge in [-0.1, -0.05) is 16.8 Å². The summed E-state index contributed by atoms with van der Waals surface area (Å²) in [4.78, 5) is 7.00. The van der Waals surface area contributed by atoms with Crippen molar-refractivity contribution < 1.29 is 23.1 Å². The van der Waals surface area contributed by atoms with Gasteiger partial charge in [0.2, 0.25) is 5.95 Å². The first-order valence-electron chi connectivity index (χ1n) is 9.33. The minimum atomic E-state index is -1.18. The lowest BCUT2D eigenvalue weighted by atomic mass is 10.1. The summed E-state index contributed by atoms with van der Waals surface area (Å²) in [5, 5.41) is 21.5. The summed E-state index contributed by atoms with van der Waals surface area (Å²) >= 11 is 5.77. The molecular weight excluding hydrogens is 437 g/mol. The topological polar surface area (TPSA) is 107 Å². The zero-order valence-corrected chi connectivity index (χ0v) is 16.7. The summed E-state index contributed by atoms with van der Waals surface area (Å²) in [5.74, 6) is -2.99. The number of imidazole rings is 1. The molecule has 0 radical (unpaired) electrons. The van der Waals surface area contributed by atoms with Gasteiger partial charge < -0.3 is 30.9 Å². The van der Waals surface area contributed by atoms with Crippen molar-refractivity contribution in [2.45, 2.75) is 6.04 Å². The van der Waals surface area contributed by atoms with Crippen molar-refractivity contribution in [3.63, 3.8) is 0 Å². The summed E-state index contributed by atoms with van der Waals surface area (Å²) in [7, 11) is 0. The monoisotopic (exact) mass is 454 g/mol. The van der Waals surface area contributed by atoms with Crippen molar-refractivity contribution in [1.29, 1.82) is 0 Å². The molecule has 8 nitrogen and oxygen atoms in total. The van der Waals surface area contributed by atoms with Crippen LogP contribution in [0.1, 0.15) is 5.56 Å². The van der Waals surface area contributed by atoms with Gasteiger partial charge in [-0.3, -0.25) is 0 Å². The van der Waals surface area contributed by atoms with E-state index in [0.29, 0.717) is 26.3 Å². The Hall–Kier alpha value is -3.02. The molecule has 12 heteroatoms. The second-order valence-electron chi connectivity index (χ2n) is 6.85. The zero-order valence-electron chi connectivity index (χ0n) is 16.0. The maximum Gasteiger partial charge on any atom is 0.201 e. The summed E-state index contributed by atoms with van der Waals surface area (Å²) in [6.07, 6.45) is 0. The highest BCUT2D eigenvalue weighted by Gasteiger charge is 2.22. The largest absolute Gasteiger partial charge is 0.409 e. The van der Waals surface area contributed by atoms with Crippen LogP contribution in [-0.4, -0.2) is 53.4 Å². The number of halogens is 4. The van der Waals surface area contributed by atoms with Crippen LogP contribution in [-0.2, 0) is 4.74 Å². The summed E-state index contributed by atoms with van der Waals surface area (Å²) in [6.45, 7) is 2.27. The van der Waals surface area contributed by atoms with Crippen molar-refractivity contribution in [3.05, 3.63) is 52.3 Å². The number of nitrogens with zero attached hydrogens (tertiary/aromatic N) is 2. The van der Waals surface area contributed by atoms with Gasteiger partial charge in [0.05, 0.1) is 29.8 Å². The fourth-order valence-corrected chi connectivity index (χ4v) is 3.39. The highest BCUT2D eigenvalue weighted by molar-refractivity contribution is 6.31. The number of ether oxygens (including phenoxy) is 1. The van der Waals surface area contributed by atoms with E-state index in [2.05, 4.69) is 31.1 Å². The van der Waals surface area contributed by atoms with Gasteiger partial charge >= 0.3 is 0 Å². The Morgan fingerprint density at radius 2 is 2.10 bits per heavy atom. The molecule has 164 valence electrons. The second-order valence-corrected chi connectivity index (χ2v) is 7.26. The molecule has 5 N–H and O–H groups in total. The molecule has 1 fully saturated rings. The van der Waals surface area contributed by atoms with Crippen molar-refractivity contribution in [2.75, 3.05) is 36.9 Å². The number of hydrogen-bond acceptors (Lipinski definition) is 6. The molecule has 2 heterocycles. The standard InChI is InChI=1S/C19H18ClF3N6O2/c20-12-5-9(1-2-13(12)21)25-18(29-30)11-6-14(22)15(23)17-16(11)27-19(28-17)26-10-7-24-3-4-31-8-10/h1-2,5-6,10,24,30H,3-4,7-8H2,(H,25,29)(H2,26,27,28). The molecule has 0 spiro atoms. The van der Waals surface area contributed by atoms with Crippen molar-refractivity contribution in [1.82, 2.24) is 15.3 Å². The maximum atomic E-state index is 14.4. The van der Waals surface area contributed by atoms with Gasteiger partial charge in [0, 0.05) is 24.3 Å². The predicted octanol–water partition coefficient (Wildman–Crippen LogP) is 3.28. The van der Waals surface area contributed by atoms with Gasteiger partial charge in [0.15, 0.2) is 17.5 Å². The summed E-state index contributed by atoms with van der Waals surface area (Å²) in [5.41, 5.74) is 0.0989. The highest BCUT2D eigenvalue weighted by Crippen LogP contribution is 2.27. The van der Waals surface area contributed by atoms with E-state index in [9.17, 15) is 18.4 Å². The lowest BCUT2D eigenvalue weighted by Crippen LogP contribution is -2.34. The molecule has 1 aliphatic rings. The normalized spacial score (nSPS) is 17.5. The Morgan fingerprint density at radius 1 is 1.26 bits per heavy atom. The number of H-pyrrole nitrogens is 1. The van der Waals surface area contributed by atoms with Crippen LogP contribution >= 0.6 is 11.6 Å². The zero-order chi connectivity index (χ0) is 22.0. The van der Waals surface area contributed by atoms with Crippen molar-refractivity contribution >= 4 is 40.1 Å². The Morgan fingerprint density at radius 3 is 2.87 bits per heavy atom. The molecule has 0 bridgehead atoms. The van der Waals surface area contributed by atoms with E-state index in [-0.39, 0.29) is 45.1 Å². The molecule has 4 rings (SSSR count). The third kappa shape index (κ3) is 4.53. The molecule has 1 atom stereocenters. The molecule has 0 amide bonds. The molecule has 3 aromatic rings. The van der Waals surface area contributed by atoms with Crippen LogP contribution < -0.4 is 16.0 Å². The molecule has 1 unspecified atom stereocenters. The lowest BCUT2D eigenvalue weighted by Gasteiger charge is -2.14. The summed E-state index contributed by atoms with van der Waals surface area (Å²) in [6, 6.07) is 4.44. The maximum absolute atomic E-state index is 14.4. The first-order valence-corrected chi connectivity index (χ1v) is 9.71. The third-order valence-electron chi connectivity index (χ3n) is 4.67. The Balaban J connectivity index is 1.69. The van der Waals surface area contributed by atoms with Gasteiger partial charge in [0.1, 0.15) is 11.3 Å². The fraction of sp³-hybridized carbons (Fsp3) is 0.263. The second kappa shape index (κ2) is 9.00. The van der Waals surface area contributed by atoms with E-state index in [1.54, 1.807) is 0 Å². The molecular formula is C19H18ClF3N6O2. The minimum Gasteiger partial charge on any atom is -0.409 e. The fourth-order valence-electron chi connectivity index (χ4n) is 3.21. The average Bonchev–Trinajstić information content (AvgIpc) is 3.00. The number of aromatic nitrogens is 2. The number of benzene rings is 2. The van der Waals surface area contributed by atoms with Gasteiger partial charge in [0.25, 0.3) is 0 Å². The number of aromatic amines is 1. The van der Waals surface area contributed by atoms with Crippen LogP contribution in [0.4, 0.5) is 24.8 Å². The molecule has 2 aromatic carbocycles. The smallest absolute Gasteiger partial charge is 0.201 e. The van der Waals surface area contributed by atoms with Crippen LogP contribution in [0.25, 0.3) is 11.0 Å². The van der Waals surface area contributed by atoms with Crippen LogP contribution in [0, 0.1) is 17.5 Å². The number of fused-ring (bicyclic) bond motifs is 1. The van der Waals surface area contributed by atoms with Crippen LogP contribution in [0.15, 0.2) is 29.4 Å². The predicted molar refractivity (Wildman–Crippen MR) is 110 cm³/mol. The minimum absolute atomic E-state index is 0.00707. The molecule has 1 aromatic heterocycles. The number of nitrogens with one attached hydrogen (secondary N) is 4. The van der Waals surface area contributed by atoms with Gasteiger partial charge in [-0.15, -0.1) is 0 Å². The van der Waals surface area contributed by atoms with Gasteiger partial charge in [-0.2, -0.15) is 0 Å². The van der Waals surface area contributed by atoms with E-state index >= 15 is 0 Å². The third-order valence-corrected chi connectivity index (χ3v) is 4.96. The van der Waals surface area contributed by atoms with E-state index in [1.165, 1.54) is 12.1 Å². The van der Waals surface area contributed by atoms with Crippen molar-refractivity contribution in [2.24, 2.45) is 5.16 Å². The summed E-state index contributed by atoms with van der Waals surface area (Å²) < 4.78 is 47.6. The average molecular weight is 455 g/mol. The van der Waals surface area contributed by atoms with E-state index in [4.69, 9.17) is 16.3 Å². The number of anilines is 2. The molecule has 31 heavy (non-hydrogen) atoms. The number of hydrogen-bond donors (Lipinski definition) is 5. The van der Waals surface area contributed by atoms with Crippen molar-refractivity contribution in [3.8, 4) is 0 Å². The number of amidine groups is 1. The highest BCUT2D eigenvalue weighted by atomic mass is 35.5. The Bertz CT molecular complexity index is 1130. The quantitative estimate of drug-likeness (QED) is 0.179. The molecule has 1 saturated heterocycles. The van der Waals surface area contributed by atoms with E-state index < -0.39 is 17.5 Å². The number of oxime groups is 1. The first kappa shape index (κ1) is 21.2. The molecule has 1 aliphatic heterocycles. The van der Waals surface area contributed by atoms with E-state index in [1.807, 2.05) is 0 Å². The van der Waals surface area contributed by atoms with Crippen LogP contribution in [0.2, 0.25) is 5.02 Å². The number of rotatable bonds is 4. The molecule has 0 aliphatic carbocycles. The first-order chi connectivity index (χ1) is 15.0. The van der Waals surface area contributed by atoms with Crippen LogP contribution in [0.3, 0.4) is 0 Å². The van der Waals surface area contributed by atoms with Gasteiger partial charge in [-0.25, -0.2) is 18.2 Å². The molecule has 0 saturated carbocycles. The van der Waals surface area contributed by atoms with Crippen LogP contribution in [0.5, 0.6) is 0 Å². The lowest BCUT2D eigenvalue weighted by molar-refractivity contribution is 0.145. The Kier molecular flexibility index (Phi) is 6.16. The van der Waals surface area contributed by atoms with E-state index in [0.717, 1.165) is 12.1 Å². The SMILES string of the molecule is O/N=C(\Nc1ccc(F)c(Cl)c1)c1cc(F)c(F)c2nc(NC3CNCCOC3)[nH]c12. The Labute approximate surface area is 179 Å². The van der Waals surface area contributed by atoms with Gasteiger partial charge in [-0.05, 0) is 24.3 Å².